The van der Waals surface area contributed by atoms with Crippen LogP contribution in [-0.2, 0) is 9.59 Å². The molecule has 0 spiro atoms. The number of carbonyl (C=O) groups is 2. The molecule has 0 atom stereocenters. The Morgan fingerprint density at radius 2 is 1.65 bits per heavy atom. The Balaban J connectivity index is 0. The van der Waals surface area contributed by atoms with Crippen LogP contribution in [0.3, 0.4) is 0 Å². The van der Waals surface area contributed by atoms with Crippen LogP contribution in [0.4, 0.5) is 4.39 Å². The van der Waals surface area contributed by atoms with Crippen molar-refractivity contribution in [3.05, 3.63) is 0 Å². The first-order valence-electron chi connectivity index (χ1n) is 5.03. The van der Waals surface area contributed by atoms with E-state index in [0.717, 1.165) is 5.92 Å². The summed E-state index contributed by atoms with van der Waals surface area (Å²) in [7, 11) is 3.00. The lowest BCUT2D eigenvalue weighted by molar-refractivity contribution is -0.132. The van der Waals surface area contributed by atoms with E-state index in [-0.39, 0.29) is 12.5 Å². The first-order chi connectivity index (χ1) is 7.48. The second-order valence-electron chi connectivity index (χ2n) is 4.20. The minimum Gasteiger partial charge on any atom is -0.347 e. The van der Waals surface area contributed by atoms with Gasteiger partial charge in [0.25, 0.3) is 5.91 Å². The highest BCUT2D eigenvalue weighted by Crippen LogP contribution is 2.21. The van der Waals surface area contributed by atoms with E-state index in [0.29, 0.717) is 0 Å². The van der Waals surface area contributed by atoms with Gasteiger partial charge < -0.3 is 10.2 Å². The molecule has 2 amide bonds. The summed E-state index contributed by atoms with van der Waals surface area (Å²) in [5, 5.41) is 1.93. The lowest BCUT2D eigenvalue weighted by atomic mass is 10.3. The van der Waals surface area contributed by atoms with E-state index in [9.17, 15) is 14.0 Å². The maximum atomic E-state index is 12.4. The molecule has 102 valence electrons. The molecule has 0 aromatic heterocycles. The monoisotopic (exact) mass is 288 g/mol. The van der Waals surface area contributed by atoms with E-state index in [4.69, 9.17) is 23.2 Å². The average Bonchev–Trinajstić information content (AvgIpc) is 2.10. The van der Waals surface area contributed by atoms with E-state index >= 15 is 0 Å². The van der Waals surface area contributed by atoms with Crippen molar-refractivity contribution in [2.45, 2.75) is 25.4 Å². The third-order valence-corrected chi connectivity index (χ3v) is 1.50. The molecule has 0 saturated carbocycles. The standard InChI is InChI=1S/C6H9Cl2FN2O2.C4H10/c1-11(2)4(12)3-10-5(13)6(7,8)9;1-4(2)3/h3H2,1-2H3,(H,10,13);4H,1-3H3. The topological polar surface area (TPSA) is 49.4 Å². The third-order valence-electron chi connectivity index (χ3n) is 1.16. The Hall–Kier alpha value is -0.550. The van der Waals surface area contributed by atoms with Crippen molar-refractivity contribution >= 4 is 35.0 Å². The van der Waals surface area contributed by atoms with Gasteiger partial charge in [0.05, 0.1) is 6.54 Å². The van der Waals surface area contributed by atoms with Gasteiger partial charge in [-0.25, -0.2) is 0 Å². The number of halogens is 3. The molecule has 0 bridgehead atoms. The number of alkyl halides is 3. The van der Waals surface area contributed by atoms with Crippen LogP contribution in [0.1, 0.15) is 20.8 Å². The zero-order valence-corrected chi connectivity index (χ0v) is 12.2. The molecular formula is C10H19Cl2FN2O2. The summed E-state index contributed by atoms with van der Waals surface area (Å²) in [6.07, 6.45) is 0. The molecule has 0 radical (unpaired) electrons. The Bertz CT molecular complexity index is 250. The zero-order chi connectivity index (χ0) is 14.2. The molecule has 0 heterocycles. The molecule has 0 unspecified atom stereocenters. The Labute approximate surface area is 111 Å². The maximum absolute atomic E-state index is 12.4. The highest BCUT2D eigenvalue weighted by Gasteiger charge is 2.33. The Kier molecular flexibility index (Phi) is 9.43. The van der Waals surface area contributed by atoms with Gasteiger partial charge in [0, 0.05) is 14.1 Å². The number of nitrogens with one attached hydrogen (secondary N) is 1. The lowest BCUT2D eigenvalue weighted by Crippen LogP contribution is -2.41. The first-order valence-corrected chi connectivity index (χ1v) is 5.79. The van der Waals surface area contributed by atoms with Crippen molar-refractivity contribution < 1.29 is 14.0 Å². The molecule has 4 nitrogen and oxygen atoms in total. The fourth-order valence-electron chi connectivity index (χ4n) is 0.414. The van der Waals surface area contributed by atoms with Gasteiger partial charge in [-0.2, -0.15) is 4.39 Å². The van der Waals surface area contributed by atoms with Crippen LogP contribution in [0.15, 0.2) is 0 Å². The average molecular weight is 289 g/mol. The van der Waals surface area contributed by atoms with Gasteiger partial charge in [-0.1, -0.05) is 44.0 Å². The van der Waals surface area contributed by atoms with Gasteiger partial charge in [-0.15, -0.1) is 0 Å². The summed E-state index contributed by atoms with van der Waals surface area (Å²) in [5.41, 5.74) is 0. The summed E-state index contributed by atoms with van der Waals surface area (Å²) >= 11 is 9.62. The van der Waals surface area contributed by atoms with Crippen molar-refractivity contribution in [1.29, 1.82) is 0 Å². The van der Waals surface area contributed by atoms with Gasteiger partial charge in [0.15, 0.2) is 0 Å². The largest absolute Gasteiger partial charge is 0.347 e. The van der Waals surface area contributed by atoms with Crippen LogP contribution in [0.2, 0.25) is 0 Å². The minimum absolute atomic E-state index is 0.336. The van der Waals surface area contributed by atoms with E-state index in [1.54, 1.807) is 0 Å². The lowest BCUT2D eigenvalue weighted by Gasteiger charge is -2.12. The van der Waals surface area contributed by atoms with Crippen molar-refractivity contribution in [2.24, 2.45) is 5.92 Å². The van der Waals surface area contributed by atoms with Crippen molar-refractivity contribution in [2.75, 3.05) is 20.6 Å². The summed E-state index contributed by atoms with van der Waals surface area (Å²) in [6, 6.07) is 0. The predicted molar refractivity (Wildman–Crippen MR) is 67.8 cm³/mol. The summed E-state index contributed by atoms with van der Waals surface area (Å²) in [6.45, 7) is 6.16. The summed E-state index contributed by atoms with van der Waals surface area (Å²) < 4.78 is 9.43. The minimum atomic E-state index is -2.99. The van der Waals surface area contributed by atoms with Gasteiger partial charge in [0.2, 0.25) is 5.91 Å². The smallest absolute Gasteiger partial charge is 0.335 e. The second kappa shape index (κ2) is 8.53. The number of hydrogen-bond donors (Lipinski definition) is 1. The molecule has 7 heteroatoms. The van der Waals surface area contributed by atoms with Crippen molar-refractivity contribution in [3.8, 4) is 0 Å². The summed E-state index contributed by atoms with van der Waals surface area (Å²) in [4.78, 5) is 22.8. The normalized spacial score (nSPS) is 10.4. The molecule has 0 rings (SSSR count). The van der Waals surface area contributed by atoms with E-state index in [2.05, 4.69) is 20.8 Å². The predicted octanol–water partition coefficient (Wildman–Crippen LogP) is 1.95. The van der Waals surface area contributed by atoms with Crippen LogP contribution >= 0.6 is 23.2 Å². The maximum Gasteiger partial charge on any atom is 0.335 e. The van der Waals surface area contributed by atoms with Crippen LogP contribution in [0.25, 0.3) is 0 Å². The van der Waals surface area contributed by atoms with Crippen LogP contribution in [0, 0.1) is 5.92 Å². The zero-order valence-electron chi connectivity index (χ0n) is 10.7. The molecule has 0 aliphatic carbocycles. The highest BCUT2D eigenvalue weighted by molar-refractivity contribution is 6.56. The fraction of sp³-hybridized carbons (Fsp3) is 0.800. The molecule has 0 aromatic carbocycles. The van der Waals surface area contributed by atoms with Crippen LogP contribution < -0.4 is 5.32 Å². The van der Waals surface area contributed by atoms with Crippen LogP contribution in [-0.4, -0.2) is 41.9 Å². The van der Waals surface area contributed by atoms with Gasteiger partial charge in [0.1, 0.15) is 0 Å². The highest BCUT2D eigenvalue weighted by atomic mass is 35.5. The second-order valence-corrected chi connectivity index (χ2v) is 5.44. The number of rotatable bonds is 3. The van der Waals surface area contributed by atoms with Gasteiger partial charge in [-0.3, -0.25) is 9.59 Å². The Morgan fingerprint density at radius 1 is 1.29 bits per heavy atom. The summed E-state index contributed by atoms with van der Waals surface area (Å²) in [5.74, 6) is -0.794. The SMILES string of the molecule is CC(C)C.CN(C)C(=O)CNC(=O)C(F)(Cl)Cl. The Morgan fingerprint density at radius 3 is 1.88 bits per heavy atom. The van der Waals surface area contributed by atoms with E-state index in [1.807, 2.05) is 5.32 Å². The number of nitrogens with zero attached hydrogens (tertiary/aromatic N) is 1. The van der Waals surface area contributed by atoms with E-state index in [1.165, 1.54) is 19.0 Å². The molecule has 0 fully saturated rings. The number of likely N-dealkylation sites (N-methyl/N-ethyl adjacent to an activating group) is 1. The third kappa shape index (κ3) is 13.4. The van der Waals surface area contributed by atoms with Gasteiger partial charge in [-0.05, 0) is 5.92 Å². The van der Waals surface area contributed by atoms with Crippen molar-refractivity contribution in [1.82, 2.24) is 10.2 Å². The van der Waals surface area contributed by atoms with Crippen LogP contribution in [0.5, 0.6) is 0 Å². The van der Waals surface area contributed by atoms with E-state index < -0.39 is 10.5 Å². The number of amides is 2. The molecule has 0 aliphatic heterocycles. The molecule has 0 aliphatic rings. The number of hydrogen-bond acceptors (Lipinski definition) is 2. The quantitative estimate of drug-likeness (QED) is 0.807. The molecule has 1 N–H and O–H groups in total. The van der Waals surface area contributed by atoms with Gasteiger partial charge >= 0.3 is 4.59 Å². The molecule has 17 heavy (non-hydrogen) atoms. The number of carbonyl (C=O) groups excluding carboxylic acids is 2. The molecular weight excluding hydrogens is 270 g/mol. The van der Waals surface area contributed by atoms with Crippen molar-refractivity contribution in [3.63, 3.8) is 0 Å². The molecule has 0 saturated heterocycles. The molecule has 0 aromatic rings. The fourth-order valence-corrected chi connectivity index (χ4v) is 0.548. The first kappa shape index (κ1) is 18.8.